The van der Waals surface area contributed by atoms with Crippen molar-refractivity contribution in [2.24, 2.45) is 0 Å². The van der Waals surface area contributed by atoms with Crippen LogP contribution in [0.2, 0.25) is 0 Å². The molecule has 1 aromatic carbocycles. The smallest absolute Gasteiger partial charge is 0.269 e. The normalized spacial score (nSPS) is 15.0. The summed E-state index contributed by atoms with van der Waals surface area (Å²) in [6.45, 7) is 0.618. The second kappa shape index (κ2) is 3.34. The highest BCUT2D eigenvalue weighted by atomic mass is 16.6. The largest absolute Gasteiger partial charge is 0.341 e. The van der Waals surface area contributed by atoms with Gasteiger partial charge in [0.25, 0.3) is 11.6 Å². The van der Waals surface area contributed by atoms with Gasteiger partial charge in [-0.2, -0.15) is 0 Å². The van der Waals surface area contributed by atoms with Crippen LogP contribution >= 0.6 is 0 Å². The van der Waals surface area contributed by atoms with Crippen LogP contribution in [0.4, 0.5) is 5.69 Å². The van der Waals surface area contributed by atoms with Crippen LogP contribution in [-0.2, 0) is 6.42 Å². The molecule has 0 bridgehead atoms. The molecule has 0 unspecified atom stereocenters. The fourth-order valence-electron chi connectivity index (χ4n) is 1.70. The molecule has 5 nitrogen and oxygen atoms in total. The Morgan fingerprint density at radius 1 is 1.47 bits per heavy atom. The number of non-ortho nitro benzene ring substituents is 1. The van der Waals surface area contributed by atoms with Crippen molar-refractivity contribution in [3.63, 3.8) is 0 Å². The summed E-state index contributed by atoms with van der Waals surface area (Å²) in [4.78, 5) is 23.4. The van der Waals surface area contributed by atoms with E-state index >= 15 is 0 Å². The molecule has 0 radical (unpaired) electrons. The molecule has 0 N–H and O–H groups in total. The summed E-state index contributed by atoms with van der Waals surface area (Å²) in [6.07, 6.45) is 0.680. The van der Waals surface area contributed by atoms with E-state index in [1.807, 2.05) is 0 Å². The van der Waals surface area contributed by atoms with E-state index < -0.39 is 4.92 Å². The minimum absolute atomic E-state index is 0.0473. The van der Waals surface area contributed by atoms with E-state index in [0.29, 0.717) is 18.5 Å². The van der Waals surface area contributed by atoms with E-state index in [4.69, 9.17) is 0 Å². The Morgan fingerprint density at radius 3 is 2.87 bits per heavy atom. The summed E-state index contributed by atoms with van der Waals surface area (Å²) in [5.74, 6) is -0.0638. The lowest BCUT2D eigenvalue weighted by Crippen LogP contribution is -2.34. The molecule has 1 aliphatic heterocycles. The second-order valence-electron chi connectivity index (χ2n) is 3.58. The van der Waals surface area contributed by atoms with E-state index in [9.17, 15) is 14.9 Å². The first-order valence-corrected chi connectivity index (χ1v) is 4.62. The molecule has 1 aliphatic rings. The molecule has 78 valence electrons. The first-order chi connectivity index (χ1) is 7.09. The maximum atomic E-state index is 11.7. The van der Waals surface area contributed by atoms with Gasteiger partial charge in [0.2, 0.25) is 0 Å². The number of carbonyl (C=O) groups excluding carboxylic acids is 1. The summed E-state index contributed by atoms with van der Waals surface area (Å²) in [5, 5.41) is 10.5. The Morgan fingerprint density at radius 2 is 2.20 bits per heavy atom. The number of nitro benzene ring substituents is 1. The van der Waals surface area contributed by atoms with Gasteiger partial charge in [-0.25, -0.2) is 0 Å². The summed E-state index contributed by atoms with van der Waals surface area (Å²) in [6, 6.07) is 4.39. The van der Waals surface area contributed by atoms with Gasteiger partial charge in [0.05, 0.1) is 4.92 Å². The summed E-state index contributed by atoms with van der Waals surface area (Å²) < 4.78 is 0. The summed E-state index contributed by atoms with van der Waals surface area (Å²) >= 11 is 0. The molecule has 5 heteroatoms. The van der Waals surface area contributed by atoms with Crippen molar-refractivity contribution < 1.29 is 9.72 Å². The number of rotatable bonds is 1. The number of carbonyl (C=O) groups is 1. The van der Waals surface area contributed by atoms with Gasteiger partial charge in [0.15, 0.2) is 0 Å². The van der Waals surface area contributed by atoms with Crippen LogP contribution < -0.4 is 0 Å². The molecule has 0 fully saturated rings. The average Bonchev–Trinajstić information content (AvgIpc) is 2.23. The lowest BCUT2D eigenvalue weighted by Gasteiger charge is -2.24. The van der Waals surface area contributed by atoms with E-state index in [2.05, 4.69) is 0 Å². The zero-order valence-electron chi connectivity index (χ0n) is 8.27. The minimum Gasteiger partial charge on any atom is -0.341 e. The number of amides is 1. The number of nitro groups is 1. The van der Waals surface area contributed by atoms with E-state index in [-0.39, 0.29) is 11.6 Å². The van der Waals surface area contributed by atoms with Crippen LogP contribution in [-0.4, -0.2) is 29.3 Å². The van der Waals surface area contributed by atoms with Crippen molar-refractivity contribution in [1.82, 2.24) is 4.90 Å². The second-order valence-corrected chi connectivity index (χ2v) is 3.58. The molecule has 0 saturated carbocycles. The molecular formula is C10H10N2O3. The van der Waals surface area contributed by atoms with Crippen molar-refractivity contribution in [2.75, 3.05) is 13.6 Å². The van der Waals surface area contributed by atoms with Gasteiger partial charge in [-0.05, 0) is 18.1 Å². The van der Waals surface area contributed by atoms with Crippen molar-refractivity contribution in [3.05, 3.63) is 39.4 Å². The van der Waals surface area contributed by atoms with Crippen molar-refractivity contribution >= 4 is 11.6 Å². The lowest BCUT2D eigenvalue weighted by molar-refractivity contribution is -0.384. The van der Waals surface area contributed by atoms with Crippen LogP contribution in [0.1, 0.15) is 15.9 Å². The number of hydrogen-bond acceptors (Lipinski definition) is 3. The lowest BCUT2D eigenvalue weighted by atomic mass is 9.99. The van der Waals surface area contributed by atoms with Crippen LogP contribution in [0, 0.1) is 10.1 Å². The molecule has 1 aromatic rings. The van der Waals surface area contributed by atoms with Gasteiger partial charge in [-0.1, -0.05) is 0 Å². The van der Waals surface area contributed by atoms with Crippen LogP contribution in [0.5, 0.6) is 0 Å². The molecule has 0 aromatic heterocycles. The molecule has 0 spiro atoms. The number of hydrogen-bond donors (Lipinski definition) is 0. The topological polar surface area (TPSA) is 63.4 Å². The highest BCUT2D eigenvalue weighted by molar-refractivity contribution is 5.96. The molecular weight excluding hydrogens is 196 g/mol. The molecule has 0 saturated heterocycles. The van der Waals surface area contributed by atoms with E-state index in [1.165, 1.54) is 18.2 Å². The summed E-state index contributed by atoms with van der Waals surface area (Å²) in [5.41, 5.74) is 1.40. The van der Waals surface area contributed by atoms with Crippen LogP contribution in [0.15, 0.2) is 18.2 Å². The van der Waals surface area contributed by atoms with Crippen molar-refractivity contribution in [1.29, 1.82) is 0 Å². The standard InChI is InChI=1S/C10H10N2O3/c1-11-5-4-7-6-8(12(14)15)2-3-9(7)10(11)13/h2-3,6H,4-5H2,1H3. The zero-order valence-corrected chi connectivity index (χ0v) is 8.27. The number of nitrogens with zero attached hydrogens (tertiary/aromatic N) is 2. The van der Waals surface area contributed by atoms with E-state index in [0.717, 1.165) is 5.56 Å². The third kappa shape index (κ3) is 1.56. The third-order valence-electron chi connectivity index (χ3n) is 2.59. The predicted molar refractivity (Wildman–Crippen MR) is 53.8 cm³/mol. The van der Waals surface area contributed by atoms with Gasteiger partial charge in [-0.15, -0.1) is 0 Å². The third-order valence-corrected chi connectivity index (χ3v) is 2.59. The highest BCUT2D eigenvalue weighted by Crippen LogP contribution is 2.22. The van der Waals surface area contributed by atoms with Gasteiger partial charge in [0.1, 0.15) is 0 Å². The first-order valence-electron chi connectivity index (χ1n) is 4.62. The predicted octanol–water partition coefficient (Wildman–Crippen LogP) is 1.22. The molecule has 2 rings (SSSR count). The zero-order chi connectivity index (χ0) is 11.0. The maximum absolute atomic E-state index is 11.7. The molecule has 0 aliphatic carbocycles. The maximum Gasteiger partial charge on any atom is 0.269 e. The Balaban J connectivity index is 2.47. The fourth-order valence-corrected chi connectivity index (χ4v) is 1.70. The van der Waals surface area contributed by atoms with E-state index in [1.54, 1.807) is 11.9 Å². The summed E-state index contributed by atoms with van der Waals surface area (Å²) in [7, 11) is 1.73. The quantitative estimate of drug-likeness (QED) is 0.512. The number of fused-ring (bicyclic) bond motifs is 1. The fraction of sp³-hybridized carbons (Fsp3) is 0.300. The van der Waals surface area contributed by atoms with Gasteiger partial charge in [0, 0.05) is 31.3 Å². The van der Waals surface area contributed by atoms with Crippen LogP contribution in [0.3, 0.4) is 0 Å². The Labute approximate surface area is 86.5 Å². The minimum atomic E-state index is -0.441. The average molecular weight is 206 g/mol. The molecule has 0 atom stereocenters. The van der Waals surface area contributed by atoms with Crippen molar-refractivity contribution in [2.45, 2.75) is 6.42 Å². The molecule has 1 amide bonds. The molecule has 15 heavy (non-hydrogen) atoms. The van der Waals surface area contributed by atoms with Gasteiger partial charge < -0.3 is 4.90 Å². The highest BCUT2D eigenvalue weighted by Gasteiger charge is 2.23. The number of likely N-dealkylation sites (N-methyl/N-ethyl adjacent to an activating group) is 1. The SMILES string of the molecule is CN1CCc2cc([N+](=O)[O-])ccc2C1=O. The molecule has 1 heterocycles. The van der Waals surface area contributed by atoms with Gasteiger partial charge >= 0.3 is 0 Å². The first kappa shape index (κ1) is 9.64. The Kier molecular flexibility index (Phi) is 2.15. The van der Waals surface area contributed by atoms with Gasteiger partial charge in [-0.3, -0.25) is 14.9 Å². The Bertz CT molecular complexity index is 442. The monoisotopic (exact) mass is 206 g/mol. The van der Waals surface area contributed by atoms with Crippen molar-refractivity contribution in [3.8, 4) is 0 Å². The number of benzene rings is 1. The van der Waals surface area contributed by atoms with Crippen LogP contribution in [0.25, 0.3) is 0 Å². The Hall–Kier alpha value is -1.91.